The molecular formula is C13H9ClFN3. The molecule has 0 aliphatic carbocycles. The van der Waals surface area contributed by atoms with Gasteiger partial charge in [0.1, 0.15) is 5.82 Å². The molecule has 0 atom stereocenters. The van der Waals surface area contributed by atoms with Crippen molar-refractivity contribution in [3.63, 3.8) is 0 Å². The molecule has 2 aromatic heterocycles. The molecule has 0 aliphatic rings. The van der Waals surface area contributed by atoms with Gasteiger partial charge in [0.2, 0.25) is 0 Å². The van der Waals surface area contributed by atoms with Crippen molar-refractivity contribution in [3.8, 4) is 11.1 Å². The highest BCUT2D eigenvalue weighted by Gasteiger charge is 2.13. The second-order valence-electron chi connectivity index (χ2n) is 4.01. The molecular weight excluding hydrogens is 253 g/mol. The summed E-state index contributed by atoms with van der Waals surface area (Å²) >= 11 is 5.88. The van der Waals surface area contributed by atoms with E-state index in [1.807, 2.05) is 6.92 Å². The third-order valence-corrected chi connectivity index (χ3v) is 2.94. The second kappa shape index (κ2) is 4.07. The van der Waals surface area contributed by atoms with E-state index < -0.39 is 0 Å². The first kappa shape index (κ1) is 11.2. The Labute approximate surface area is 108 Å². The normalized spacial score (nSPS) is 11.1. The molecule has 18 heavy (non-hydrogen) atoms. The molecule has 1 aromatic carbocycles. The second-order valence-corrected chi connectivity index (χ2v) is 4.44. The van der Waals surface area contributed by atoms with Crippen molar-refractivity contribution in [1.29, 1.82) is 0 Å². The molecule has 3 rings (SSSR count). The van der Waals surface area contributed by atoms with Crippen molar-refractivity contribution in [3.05, 3.63) is 53.2 Å². The van der Waals surface area contributed by atoms with E-state index in [4.69, 9.17) is 11.6 Å². The topological polar surface area (TPSA) is 30.2 Å². The van der Waals surface area contributed by atoms with Crippen LogP contribution in [-0.4, -0.2) is 14.6 Å². The Bertz CT molecular complexity index is 716. The minimum atomic E-state index is -0.368. The summed E-state index contributed by atoms with van der Waals surface area (Å²) < 4.78 is 15.1. The van der Waals surface area contributed by atoms with E-state index in [9.17, 15) is 4.39 Å². The van der Waals surface area contributed by atoms with Crippen molar-refractivity contribution in [2.75, 3.05) is 0 Å². The predicted octanol–water partition coefficient (Wildman–Crippen LogP) is 3.50. The molecule has 0 saturated carbocycles. The number of hydrogen-bond donors (Lipinski definition) is 0. The Kier molecular flexibility index (Phi) is 2.52. The van der Waals surface area contributed by atoms with Crippen LogP contribution in [0.1, 0.15) is 5.69 Å². The molecule has 0 saturated heterocycles. The number of rotatable bonds is 1. The number of halogens is 2. The van der Waals surface area contributed by atoms with E-state index in [1.165, 1.54) is 12.1 Å². The fourth-order valence-electron chi connectivity index (χ4n) is 2.03. The van der Waals surface area contributed by atoms with Crippen molar-refractivity contribution < 1.29 is 4.39 Å². The monoisotopic (exact) mass is 261 g/mol. The number of aromatic nitrogens is 3. The number of hydrogen-bond acceptors (Lipinski definition) is 2. The first-order valence-electron chi connectivity index (χ1n) is 5.41. The van der Waals surface area contributed by atoms with Gasteiger partial charge in [0, 0.05) is 23.0 Å². The van der Waals surface area contributed by atoms with Crippen LogP contribution in [0.5, 0.6) is 0 Å². The SMILES string of the molecule is Cc1nn2cccnc2c1-c1cc(F)cc(Cl)c1. The summed E-state index contributed by atoms with van der Waals surface area (Å²) in [4.78, 5) is 4.27. The highest BCUT2D eigenvalue weighted by molar-refractivity contribution is 6.30. The highest BCUT2D eigenvalue weighted by atomic mass is 35.5. The van der Waals surface area contributed by atoms with E-state index in [0.29, 0.717) is 16.2 Å². The van der Waals surface area contributed by atoms with Crippen molar-refractivity contribution in [2.24, 2.45) is 0 Å². The smallest absolute Gasteiger partial charge is 0.163 e. The maximum atomic E-state index is 13.4. The van der Waals surface area contributed by atoms with Gasteiger partial charge < -0.3 is 0 Å². The first-order valence-corrected chi connectivity index (χ1v) is 5.79. The van der Waals surface area contributed by atoms with Gasteiger partial charge in [-0.3, -0.25) is 0 Å². The summed E-state index contributed by atoms with van der Waals surface area (Å²) in [7, 11) is 0. The predicted molar refractivity (Wildman–Crippen MR) is 68.1 cm³/mol. The van der Waals surface area contributed by atoms with Gasteiger partial charge in [-0.05, 0) is 36.8 Å². The van der Waals surface area contributed by atoms with Gasteiger partial charge in [0.05, 0.1) is 5.69 Å². The molecule has 0 radical (unpaired) electrons. The Morgan fingerprint density at radius 1 is 1.28 bits per heavy atom. The Hall–Kier alpha value is -1.94. The van der Waals surface area contributed by atoms with Gasteiger partial charge in [0.15, 0.2) is 5.65 Å². The Morgan fingerprint density at radius 2 is 2.11 bits per heavy atom. The molecule has 0 spiro atoms. The Balaban J connectivity index is 2.34. The quantitative estimate of drug-likeness (QED) is 0.671. The van der Waals surface area contributed by atoms with E-state index in [2.05, 4.69) is 10.1 Å². The van der Waals surface area contributed by atoms with Crippen LogP contribution >= 0.6 is 11.6 Å². The Morgan fingerprint density at radius 3 is 2.89 bits per heavy atom. The number of aryl methyl sites for hydroxylation is 1. The summed E-state index contributed by atoms with van der Waals surface area (Å²) in [5.41, 5.74) is 2.97. The summed E-state index contributed by atoms with van der Waals surface area (Å²) in [6, 6.07) is 6.22. The van der Waals surface area contributed by atoms with E-state index in [-0.39, 0.29) is 5.82 Å². The van der Waals surface area contributed by atoms with Gasteiger partial charge in [-0.2, -0.15) is 5.10 Å². The lowest BCUT2D eigenvalue weighted by atomic mass is 10.1. The lowest BCUT2D eigenvalue weighted by molar-refractivity contribution is 0.628. The van der Waals surface area contributed by atoms with Crippen molar-refractivity contribution in [2.45, 2.75) is 6.92 Å². The zero-order valence-electron chi connectivity index (χ0n) is 9.56. The third-order valence-electron chi connectivity index (χ3n) is 2.72. The van der Waals surface area contributed by atoms with Crippen LogP contribution in [0.25, 0.3) is 16.8 Å². The fraction of sp³-hybridized carbons (Fsp3) is 0.0769. The number of nitrogens with zero attached hydrogens (tertiary/aromatic N) is 3. The van der Waals surface area contributed by atoms with E-state index in [1.54, 1.807) is 29.0 Å². The minimum absolute atomic E-state index is 0.361. The molecule has 3 nitrogen and oxygen atoms in total. The van der Waals surface area contributed by atoms with Gasteiger partial charge in [-0.1, -0.05) is 11.6 Å². The minimum Gasteiger partial charge on any atom is -0.236 e. The summed E-state index contributed by atoms with van der Waals surface area (Å²) in [5, 5.41) is 4.70. The molecule has 0 amide bonds. The molecule has 0 fully saturated rings. The highest BCUT2D eigenvalue weighted by Crippen LogP contribution is 2.29. The standard InChI is InChI=1S/C13H9ClFN3/c1-8-12(9-5-10(14)7-11(15)6-9)13-16-3-2-4-18(13)17-8/h2-7H,1H3. The largest absolute Gasteiger partial charge is 0.236 e. The van der Waals surface area contributed by atoms with Gasteiger partial charge in [0.25, 0.3) is 0 Å². The van der Waals surface area contributed by atoms with Crippen LogP contribution in [0.4, 0.5) is 4.39 Å². The molecule has 0 aliphatic heterocycles. The zero-order valence-corrected chi connectivity index (χ0v) is 10.3. The maximum Gasteiger partial charge on any atom is 0.163 e. The lowest BCUT2D eigenvalue weighted by Gasteiger charge is -2.01. The van der Waals surface area contributed by atoms with Gasteiger partial charge >= 0.3 is 0 Å². The van der Waals surface area contributed by atoms with Gasteiger partial charge in [-0.25, -0.2) is 13.9 Å². The van der Waals surface area contributed by atoms with E-state index in [0.717, 1.165) is 11.3 Å². The lowest BCUT2D eigenvalue weighted by Crippen LogP contribution is -1.88. The fourth-order valence-corrected chi connectivity index (χ4v) is 2.25. The number of fused-ring (bicyclic) bond motifs is 1. The number of benzene rings is 1. The molecule has 0 unspecified atom stereocenters. The van der Waals surface area contributed by atoms with Crippen molar-refractivity contribution >= 4 is 17.2 Å². The van der Waals surface area contributed by atoms with Crippen LogP contribution in [0, 0.1) is 12.7 Å². The average molecular weight is 262 g/mol. The van der Waals surface area contributed by atoms with Crippen LogP contribution in [-0.2, 0) is 0 Å². The summed E-state index contributed by atoms with van der Waals surface area (Å²) in [6.45, 7) is 1.86. The molecule has 90 valence electrons. The first-order chi connectivity index (χ1) is 8.65. The third kappa shape index (κ3) is 1.75. The molecule has 3 aromatic rings. The van der Waals surface area contributed by atoms with Crippen LogP contribution < -0.4 is 0 Å². The summed E-state index contributed by atoms with van der Waals surface area (Å²) in [6.07, 6.45) is 3.49. The molecule has 5 heteroatoms. The molecule has 0 bridgehead atoms. The van der Waals surface area contributed by atoms with Crippen LogP contribution in [0.2, 0.25) is 5.02 Å². The van der Waals surface area contributed by atoms with Crippen LogP contribution in [0.3, 0.4) is 0 Å². The summed E-state index contributed by atoms with van der Waals surface area (Å²) in [5.74, 6) is -0.368. The maximum absolute atomic E-state index is 13.4. The van der Waals surface area contributed by atoms with Crippen molar-refractivity contribution in [1.82, 2.24) is 14.6 Å². The molecule has 0 N–H and O–H groups in total. The molecule has 2 heterocycles. The average Bonchev–Trinajstić information content (AvgIpc) is 2.63. The van der Waals surface area contributed by atoms with E-state index >= 15 is 0 Å². The zero-order chi connectivity index (χ0) is 12.7. The van der Waals surface area contributed by atoms with Gasteiger partial charge in [-0.15, -0.1) is 0 Å². The van der Waals surface area contributed by atoms with Crippen LogP contribution in [0.15, 0.2) is 36.7 Å².